The van der Waals surface area contributed by atoms with Gasteiger partial charge in [0.05, 0.1) is 12.7 Å². The Morgan fingerprint density at radius 2 is 2.20 bits per heavy atom. The van der Waals surface area contributed by atoms with Gasteiger partial charge in [0.2, 0.25) is 0 Å². The molecular formula is C8H6ClFO4S. The van der Waals surface area contributed by atoms with E-state index in [1.54, 1.807) is 0 Å². The van der Waals surface area contributed by atoms with Crippen LogP contribution < -0.4 is 0 Å². The second kappa shape index (κ2) is 4.69. The smallest absolute Gasteiger partial charge is 0.340 e. The van der Waals surface area contributed by atoms with Crippen molar-refractivity contribution in [1.29, 1.82) is 0 Å². The van der Waals surface area contributed by atoms with Crippen LogP contribution in [0.1, 0.15) is 10.4 Å². The van der Waals surface area contributed by atoms with Crippen LogP contribution in [0.2, 0.25) is 5.02 Å². The molecule has 15 heavy (non-hydrogen) atoms. The molecule has 1 aromatic rings. The fourth-order valence-electron chi connectivity index (χ4n) is 0.950. The summed E-state index contributed by atoms with van der Waals surface area (Å²) in [6, 6.07) is 2.00. The van der Waals surface area contributed by atoms with E-state index in [-0.39, 0.29) is 5.02 Å². The van der Waals surface area contributed by atoms with Gasteiger partial charge in [-0.05, 0) is 12.1 Å². The molecule has 7 heteroatoms. The zero-order chi connectivity index (χ0) is 11.6. The van der Waals surface area contributed by atoms with Gasteiger partial charge < -0.3 is 9.29 Å². The Bertz CT molecular complexity index is 435. The average Bonchev–Trinajstić information content (AvgIpc) is 2.19. The first-order valence-electron chi connectivity index (χ1n) is 3.65. The van der Waals surface area contributed by atoms with Gasteiger partial charge in [-0.15, -0.1) is 0 Å². The maximum Gasteiger partial charge on any atom is 0.340 e. The number of rotatable bonds is 2. The Balaban J connectivity index is 3.41. The number of esters is 1. The second-order valence-corrected chi connectivity index (χ2v) is 3.88. The van der Waals surface area contributed by atoms with E-state index in [9.17, 15) is 13.4 Å². The lowest BCUT2D eigenvalue weighted by molar-refractivity contribution is 0.0595. The first-order chi connectivity index (χ1) is 6.97. The van der Waals surface area contributed by atoms with E-state index in [1.807, 2.05) is 0 Å². The molecular weight excluding hydrogens is 247 g/mol. The molecule has 0 bridgehead atoms. The van der Waals surface area contributed by atoms with Crippen molar-refractivity contribution in [2.45, 2.75) is 4.90 Å². The van der Waals surface area contributed by atoms with Gasteiger partial charge in [0.25, 0.3) is 0 Å². The summed E-state index contributed by atoms with van der Waals surface area (Å²) >= 11 is 3.00. The van der Waals surface area contributed by atoms with E-state index in [0.717, 1.165) is 19.2 Å². The van der Waals surface area contributed by atoms with E-state index in [4.69, 9.17) is 16.2 Å². The Morgan fingerprint density at radius 3 is 2.67 bits per heavy atom. The van der Waals surface area contributed by atoms with Crippen molar-refractivity contribution in [2.24, 2.45) is 0 Å². The number of hydrogen-bond acceptors (Lipinski definition) is 3. The minimum atomic E-state index is -2.55. The first kappa shape index (κ1) is 12.1. The third-order valence-electron chi connectivity index (χ3n) is 1.60. The van der Waals surface area contributed by atoms with Gasteiger partial charge in [0.15, 0.2) is 16.9 Å². The molecule has 0 radical (unpaired) electrons. The molecule has 0 amide bonds. The Kier molecular flexibility index (Phi) is 3.78. The van der Waals surface area contributed by atoms with Gasteiger partial charge in [-0.3, -0.25) is 0 Å². The highest BCUT2D eigenvalue weighted by atomic mass is 35.5. The summed E-state index contributed by atoms with van der Waals surface area (Å²) < 4.78 is 37.1. The molecule has 4 nitrogen and oxygen atoms in total. The SMILES string of the molecule is COC(=O)c1cc(Cl)cc(S(=O)O)c1F. The molecule has 1 aromatic carbocycles. The Hall–Kier alpha value is -0.980. The van der Waals surface area contributed by atoms with Crippen LogP contribution in [-0.4, -0.2) is 21.8 Å². The number of hydrogen-bond donors (Lipinski definition) is 1. The van der Waals surface area contributed by atoms with Crippen LogP contribution in [-0.2, 0) is 15.8 Å². The monoisotopic (exact) mass is 252 g/mol. The van der Waals surface area contributed by atoms with Crippen molar-refractivity contribution in [3.05, 3.63) is 28.5 Å². The van der Waals surface area contributed by atoms with E-state index >= 15 is 0 Å². The van der Waals surface area contributed by atoms with Crippen molar-refractivity contribution in [3.63, 3.8) is 0 Å². The van der Waals surface area contributed by atoms with Crippen molar-refractivity contribution < 1.29 is 22.7 Å². The largest absolute Gasteiger partial charge is 0.465 e. The highest BCUT2D eigenvalue weighted by Crippen LogP contribution is 2.22. The van der Waals surface area contributed by atoms with E-state index in [1.165, 1.54) is 0 Å². The van der Waals surface area contributed by atoms with Crippen LogP contribution in [0.5, 0.6) is 0 Å². The van der Waals surface area contributed by atoms with E-state index < -0.39 is 33.3 Å². The molecule has 0 saturated heterocycles. The normalized spacial score (nSPS) is 12.3. The first-order valence-corrected chi connectivity index (χ1v) is 5.14. The molecule has 0 aliphatic carbocycles. The summed E-state index contributed by atoms with van der Waals surface area (Å²) in [7, 11) is 1.07. The predicted molar refractivity (Wildman–Crippen MR) is 51.8 cm³/mol. The molecule has 0 aliphatic heterocycles. The highest BCUT2D eigenvalue weighted by Gasteiger charge is 2.19. The molecule has 0 aliphatic rings. The van der Waals surface area contributed by atoms with Gasteiger partial charge in [-0.25, -0.2) is 13.4 Å². The molecule has 0 saturated carbocycles. The topological polar surface area (TPSA) is 63.6 Å². The molecule has 1 unspecified atom stereocenters. The van der Waals surface area contributed by atoms with Crippen LogP contribution >= 0.6 is 11.6 Å². The van der Waals surface area contributed by atoms with E-state index in [2.05, 4.69) is 4.74 Å². The van der Waals surface area contributed by atoms with Gasteiger partial charge in [0.1, 0.15) is 4.90 Å². The third kappa shape index (κ3) is 2.53. The fourth-order valence-corrected chi connectivity index (χ4v) is 1.72. The predicted octanol–water partition coefficient (Wildman–Crippen LogP) is 1.85. The molecule has 82 valence electrons. The average molecular weight is 253 g/mol. The van der Waals surface area contributed by atoms with Crippen LogP contribution in [0.25, 0.3) is 0 Å². The maximum absolute atomic E-state index is 13.4. The number of ether oxygens (including phenoxy) is 1. The number of carbonyl (C=O) groups is 1. The van der Waals surface area contributed by atoms with Crippen LogP contribution in [0, 0.1) is 5.82 Å². The van der Waals surface area contributed by atoms with Crippen LogP contribution in [0.3, 0.4) is 0 Å². The van der Waals surface area contributed by atoms with Gasteiger partial charge in [0, 0.05) is 5.02 Å². The van der Waals surface area contributed by atoms with Crippen molar-refractivity contribution in [1.82, 2.24) is 0 Å². The number of halogens is 2. The number of carbonyl (C=O) groups excluding carboxylic acids is 1. The summed E-state index contributed by atoms with van der Waals surface area (Å²) in [6.45, 7) is 0. The van der Waals surface area contributed by atoms with Gasteiger partial charge in [-0.2, -0.15) is 0 Å². The molecule has 1 N–H and O–H groups in total. The summed E-state index contributed by atoms with van der Waals surface area (Å²) in [5, 5.41) is -0.0193. The van der Waals surface area contributed by atoms with Crippen molar-refractivity contribution >= 4 is 28.7 Å². The lowest BCUT2D eigenvalue weighted by Crippen LogP contribution is -2.07. The molecule has 0 spiro atoms. The summed E-state index contributed by atoms with van der Waals surface area (Å²) in [6.07, 6.45) is 0. The number of methoxy groups -OCH3 is 1. The lowest BCUT2D eigenvalue weighted by Gasteiger charge is -2.04. The third-order valence-corrected chi connectivity index (χ3v) is 2.49. The minimum Gasteiger partial charge on any atom is -0.465 e. The van der Waals surface area contributed by atoms with Crippen LogP contribution in [0.4, 0.5) is 4.39 Å². The molecule has 1 rings (SSSR count). The van der Waals surface area contributed by atoms with Gasteiger partial charge in [-0.1, -0.05) is 11.6 Å². The fraction of sp³-hybridized carbons (Fsp3) is 0.125. The minimum absolute atomic E-state index is 0.0193. The molecule has 0 heterocycles. The van der Waals surface area contributed by atoms with E-state index in [0.29, 0.717) is 0 Å². The highest BCUT2D eigenvalue weighted by molar-refractivity contribution is 7.79. The number of benzene rings is 1. The maximum atomic E-state index is 13.4. The summed E-state index contributed by atoms with van der Waals surface area (Å²) in [5.41, 5.74) is -0.470. The van der Waals surface area contributed by atoms with Crippen molar-refractivity contribution in [2.75, 3.05) is 7.11 Å². The van der Waals surface area contributed by atoms with Crippen LogP contribution in [0.15, 0.2) is 17.0 Å². The molecule has 1 atom stereocenters. The zero-order valence-electron chi connectivity index (χ0n) is 7.49. The summed E-state index contributed by atoms with van der Waals surface area (Å²) in [4.78, 5) is 10.5. The molecule has 0 aromatic heterocycles. The Labute approximate surface area is 92.3 Å². The second-order valence-electron chi connectivity index (χ2n) is 2.51. The van der Waals surface area contributed by atoms with Gasteiger partial charge >= 0.3 is 5.97 Å². The standard InChI is InChI=1S/C8H6ClFO4S/c1-14-8(11)5-2-4(9)3-6(7(5)10)15(12)13/h2-3H,1H3,(H,12,13). The zero-order valence-corrected chi connectivity index (χ0v) is 9.06. The van der Waals surface area contributed by atoms with Crippen molar-refractivity contribution in [3.8, 4) is 0 Å². The lowest BCUT2D eigenvalue weighted by atomic mass is 10.2. The Morgan fingerprint density at radius 1 is 1.60 bits per heavy atom. The quantitative estimate of drug-likeness (QED) is 0.644. The summed E-state index contributed by atoms with van der Waals surface area (Å²) in [5.74, 6) is -2.06. The molecule has 0 fully saturated rings.